The first-order valence-corrected chi connectivity index (χ1v) is 6.17. The molecule has 2 heterocycles. The van der Waals surface area contributed by atoms with Crippen molar-refractivity contribution in [3.63, 3.8) is 0 Å². The van der Waals surface area contributed by atoms with Crippen molar-refractivity contribution in [2.75, 3.05) is 6.54 Å². The minimum absolute atomic E-state index is 0.115. The minimum Gasteiger partial charge on any atom is -0.338 e. The predicted octanol–water partition coefficient (Wildman–Crippen LogP) is 2.46. The van der Waals surface area contributed by atoms with Crippen LogP contribution in [0.2, 0.25) is 0 Å². The molecule has 9 heteroatoms. The fraction of sp³-hybridized carbons (Fsp3) is 0.500. The molecule has 2 aromatic heterocycles. The molecule has 5 nitrogen and oxygen atoms in total. The highest BCUT2D eigenvalue weighted by atomic mass is 32.1. The maximum absolute atomic E-state index is 12.0. The van der Waals surface area contributed by atoms with E-state index in [9.17, 15) is 13.2 Å². The van der Waals surface area contributed by atoms with Crippen LogP contribution in [0, 0.1) is 13.8 Å². The summed E-state index contributed by atoms with van der Waals surface area (Å²) in [6.07, 6.45) is -4.26. The van der Waals surface area contributed by atoms with Crippen LogP contribution in [0.4, 0.5) is 13.2 Å². The normalized spacial score (nSPS) is 12.1. The highest BCUT2D eigenvalue weighted by molar-refractivity contribution is 7.06. The fourth-order valence-electron chi connectivity index (χ4n) is 1.54. The van der Waals surface area contributed by atoms with Gasteiger partial charge in [-0.1, -0.05) is 5.16 Å². The Labute approximate surface area is 111 Å². The molecule has 0 spiro atoms. The van der Waals surface area contributed by atoms with Crippen LogP contribution in [-0.2, 0) is 6.54 Å². The SMILES string of the molecule is Cc1nsc(C)c1-c1noc(CNCC(F)(F)F)n1. The van der Waals surface area contributed by atoms with Crippen LogP contribution in [0.3, 0.4) is 0 Å². The van der Waals surface area contributed by atoms with E-state index in [2.05, 4.69) is 19.8 Å². The van der Waals surface area contributed by atoms with Crippen LogP contribution in [0.1, 0.15) is 16.5 Å². The Bertz CT molecular complexity index is 544. The van der Waals surface area contributed by atoms with Gasteiger partial charge in [-0.15, -0.1) is 0 Å². The van der Waals surface area contributed by atoms with E-state index < -0.39 is 12.7 Å². The van der Waals surface area contributed by atoms with Crippen molar-refractivity contribution in [2.24, 2.45) is 0 Å². The quantitative estimate of drug-likeness (QED) is 0.937. The van der Waals surface area contributed by atoms with Crippen LogP contribution >= 0.6 is 11.5 Å². The van der Waals surface area contributed by atoms with E-state index in [1.54, 1.807) is 0 Å². The molecular weight excluding hydrogens is 281 g/mol. The van der Waals surface area contributed by atoms with Gasteiger partial charge in [0.2, 0.25) is 11.7 Å². The van der Waals surface area contributed by atoms with E-state index in [1.165, 1.54) is 11.5 Å². The first-order valence-electron chi connectivity index (χ1n) is 5.40. The molecule has 2 rings (SSSR count). The first kappa shape index (κ1) is 13.9. The minimum atomic E-state index is -4.26. The number of hydrogen-bond acceptors (Lipinski definition) is 6. The van der Waals surface area contributed by atoms with E-state index in [1.807, 2.05) is 13.8 Å². The zero-order valence-corrected chi connectivity index (χ0v) is 11.0. The van der Waals surface area contributed by atoms with Crippen LogP contribution < -0.4 is 5.32 Å². The standard InChI is InChI=1S/C10H11F3N4OS/c1-5-8(6(2)19-17-5)9-15-7(18-16-9)3-14-4-10(11,12)13/h14H,3-4H2,1-2H3. The lowest BCUT2D eigenvalue weighted by atomic mass is 10.2. The van der Waals surface area contributed by atoms with E-state index >= 15 is 0 Å². The van der Waals surface area contributed by atoms with Gasteiger partial charge >= 0.3 is 6.18 Å². The molecule has 0 fully saturated rings. The van der Waals surface area contributed by atoms with Crippen LogP contribution in [0.5, 0.6) is 0 Å². The molecule has 0 amide bonds. The van der Waals surface area contributed by atoms with Gasteiger partial charge in [-0.2, -0.15) is 22.5 Å². The molecule has 0 radical (unpaired) electrons. The third-order valence-corrected chi connectivity index (χ3v) is 3.17. The molecule has 0 saturated heterocycles. The number of aromatic nitrogens is 3. The van der Waals surface area contributed by atoms with Gasteiger partial charge in [-0.3, -0.25) is 0 Å². The van der Waals surface area contributed by atoms with Crippen molar-refractivity contribution in [3.05, 3.63) is 16.5 Å². The van der Waals surface area contributed by atoms with Crippen molar-refractivity contribution in [1.29, 1.82) is 0 Å². The average Bonchev–Trinajstić information content (AvgIpc) is 2.85. The molecule has 0 aliphatic carbocycles. The molecule has 1 N–H and O–H groups in total. The summed E-state index contributed by atoms with van der Waals surface area (Å²) in [5.74, 6) is 0.469. The van der Waals surface area contributed by atoms with Crippen molar-refractivity contribution in [3.8, 4) is 11.4 Å². The van der Waals surface area contributed by atoms with Crippen molar-refractivity contribution >= 4 is 11.5 Å². The topological polar surface area (TPSA) is 63.8 Å². The highest BCUT2D eigenvalue weighted by Crippen LogP contribution is 2.26. The summed E-state index contributed by atoms with van der Waals surface area (Å²) >= 11 is 1.32. The Hall–Kier alpha value is -1.48. The average molecular weight is 292 g/mol. The van der Waals surface area contributed by atoms with Crippen LogP contribution in [0.15, 0.2) is 4.52 Å². The molecule has 0 saturated carbocycles. The summed E-state index contributed by atoms with van der Waals surface area (Å²) in [6, 6.07) is 0. The second-order valence-corrected chi connectivity index (χ2v) is 4.91. The number of halogens is 3. The summed E-state index contributed by atoms with van der Waals surface area (Å²) in [4.78, 5) is 4.99. The van der Waals surface area contributed by atoms with Crippen molar-refractivity contribution in [2.45, 2.75) is 26.6 Å². The second-order valence-electron chi connectivity index (χ2n) is 3.93. The Morgan fingerprint density at radius 2 is 2.05 bits per heavy atom. The molecule has 2 aromatic rings. The summed E-state index contributed by atoms with van der Waals surface area (Å²) in [6.45, 7) is 2.47. The maximum Gasteiger partial charge on any atom is 0.401 e. The van der Waals surface area contributed by atoms with Gasteiger partial charge in [0.1, 0.15) is 0 Å². The molecular formula is C10H11F3N4OS. The molecule has 19 heavy (non-hydrogen) atoms. The highest BCUT2D eigenvalue weighted by Gasteiger charge is 2.26. The third-order valence-electron chi connectivity index (χ3n) is 2.33. The van der Waals surface area contributed by atoms with E-state index in [0.29, 0.717) is 5.82 Å². The van der Waals surface area contributed by atoms with Gasteiger partial charge in [-0.05, 0) is 25.4 Å². The Balaban J connectivity index is 2.04. The summed E-state index contributed by atoms with van der Waals surface area (Å²) in [5.41, 5.74) is 1.55. The van der Waals surface area contributed by atoms with Gasteiger partial charge in [0.05, 0.1) is 24.3 Å². The lowest BCUT2D eigenvalue weighted by Gasteiger charge is -2.05. The summed E-state index contributed by atoms with van der Waals surface area (Å²) in [7, 11) is 0. The lowest BCUT2D eigenvalue weighted by Crippen LogP contribution is -2.28. The molecule has 0 atom stereocenters. The van der Waals surface area contributed by atoms with E-state index in [0.717, 1.165) is 16.1 Å². The number of rotatable bonds is 4. The Morgan fingerprint density at radius 1 is 1.32 bits per heavy atom. The molecule has 0 aromatic carbocycles. The van der Waals surface area contributed by atoms with Gasteiger partial charge in [0.25, 0.3) is 0 Å². The molecule has 104 valence electrons. The Kier molecular flexibility index (Phi) is 3.85. The molecule has 0 aliphatic heterocycles. The summed E-state index contributed by atoms with van der Waals surface area (Å²) in [5, 5.41) is 5.95. The zero-order valence-electron chi connectivity index (χ0n) is 10.2. The van der Waals surface area contributed by atoms with Gasteiger partial charge in [0.15, 0.2) is 0 Å². The molecule has 0 aliphatic rings. The van der Waals surface area contributed by atoms with E-state index in [-0.39, 0.29) is 12.4 Å². The van der Waals surface area contributed by atoms with Crippen LogP contribution in [-0.4, -0.2) is 27.2 Å². The van der Waals surface area contributed by atoms with Gasteiger partial charge < -0.3 is 9.84 Å². The number of nitrogens with zero attached hydrogens (tertiary/aromatic N) is 3. The number of aryl methyl sites for hydroxylation is 2. The first-order chi connectivity index (χ1) is 8.87. The fourth-order valence-corrected chi connectivity index (χ4v) is 2.24. The summed E-state index contributed by atoms with van der Waals surface area (Å²) < 4.78 is 44.9. The smallest absolute Gasteiger partial charge is 0.338 e. The largest absolute Gasteiger partial charge is 0.401 e. The predicted molar refractivity (Wildman–Crippen MR) is 62.6 cm³/mol. The monoisotopic (exact) mass is 292 g/mol. The number of alkyl halides is 3. The second kappa shape index (κ2) is 5.25. The van der Waals surface area contributed by atoms with Gasteiger partial charge in [0, 0.05) is 4.88 Å². The van der Waals surface area contributed by atoms with Gasteiger partial charge in [-0.25, -0.2) is 0 Å². The maximum atomic E-state index is 12.0. The van der Waals surface area contributed by atoms with Crippen molar-refractivity contribution < 1.29 is 17.7 Å². The van der Waals surface area contributed by atoms with Crippen LogP contribution in [0.25, 0.3) is 11.4 Å². The number of nitrogens with one attached hydrogen (secondary N) is 1. The van der Waals surface area contributed by atoms with Crippen molar-refractivity contribution in [1.82, 2.24) is 19.8 Å². The number of hydrogen-bond donors (Lipinski definition) is 1. The lowest BCUT2D eigenvalue weighted by molar-refractivity contribution is -0.125. The molecule has 0 bridgehead atoms. The molecule has 0 unspecified atom stereocenters. The third kappa shape index (κ3) is 3.51. The van der Waals surface area contributed by atoms with E-state index in [4.69, 9.17) is 4.52 Å². The Morgan fingerprint density at radius 3 is 2.63 bits per heavy atom. The zero-order chi connectivity index (χ0) is 14.0.